The zero-order chi connectivity index (χ0) is 16.2. The monoisotopic (exact) mass is 316 g/mol. The Labute approximate surface area is 109 Å². The number of carbonyl (C=O) groups is 1. The number of unbranched alkanes of at least 4 members (excludes halogenated alkanes) is 1. The van der Waals surface area contributed by atoms with Gasteiger partial charge < -0.3 is 4.74 Å². The average Bonchev–Trinajstić information content (AvgIpc) is 2.33. The number of ether oxygens (including phenoxy) is 1. The number of hydrogen-bond donors (Lipinski definition) is 0. The maximum absolute atomic E-state index is 12.9. The van der Waals surface area contributed by atoms with Gasteiger partial charge in [0.1, 0.15) is 0 Å². The van der Waals surface area contributed by atoms with E-state index in [0.717, 1.165) is 0 Å². The number of esters is 1. The van der Waals surface area contributed by atoms with E-state index < -0.39 is 36.8 Å². The molecule has 0 bridgehead atoms. The Balaban J connectivity index is 4.82. The first-order valence-corrected chi connectivity index (χ1v) is 5.47. The van der Waals surface area contributed by atoms with Crippen LogP contribution < -0.4 is 0 Å². The van der Waals surface area contributed by atoms with Crippen LogP contribution in [0.5, 0.6) is 0 Å². The molecule has 0 amide bonds. The molecule has 0 aromatic heterocycles. The Morgan fingerprint density at radius 3 is 2.00 bits per heavy atom. The first-order chi connectivity index (χ1) is 8.90. The van der Waals surface area contributed by atoms with Gasteiger partial charge in [-0.15, -0.1) is 0 Å². The zero-order valence-electron chi connectivity index (χ0n) is 10.2. The molecule has 0 fully saturated rings. The lowest BCUT2D eigenvalue weighted by Gasteiger charge is -2.31. The third kappa shape index (κ3) is 3.95. The second-order valence-corrected chi connectivity index (χ2v) is 3.97. The summed E-state index contributed by atoms with van der Waals surface area (Å²) in [4.78, 5) is 10.8. The lowest BCUT2D eigenvalue weighted by molar-refractivity contribution is -0.344. The molecule has 0 aliphatic rings. The molecule has 0 aromatic rings. The van der Waals surface area contributed by atoms with Crippen molar-refractivity contribution in [2.24, 2.45) is 0 Å². The highest BCUT2D eigenvalue weighted by molar-refractivity contribution is 5.69. The molecule has 0 N–H and O–H groups in total. The van der Waals surface area contributed by atoms with Crippen molar-refractivity contribution in [1.29, 1.82) is 0 Å². The standard InChI is InChI=1S/C10H12F8O2/c1-2-3-4-6(19)20-5-8(13,14)10(17,18)9(15,16)7(11)12/h7H,2-5H2,1H3. The Bertz CT molecular complexity index is 329. The predicted molar refractivity (Wildman–Crippen MR) is 51.3 cm³/mol. The third-order valence-electron chi connectivity index (χ3n) is 2.30. The molecule has 120 valence electrons. The molecule has 0 radical (unpaired) electrons. The Morgan fingerprint density at radius 1 is 1.10 bits per heavy atom. The van der Waals surface area contributed by atoms with E-state index in [9.17, 15) is 39.9 Å². The number of hydrogen-bond acceptors (Lipinski definition) is 2. The molecular formula is C10H12F8O2. The molecule has 10 heteroatoms. The Morgan fingerprint density at radius 2 is 1.60 bits per heavy atom. The van der Waals surface area contributed by atoms with E-state index in [2.05, 4.69) is 4.74 Å². The van der Waals surface area contributed by atoms with Crippen LogP contribution in [-0.2, 0) is 9.53 Å². The molecule has 0 rings (SSSR count). The van der Waals surface area contributed by atoms with Crippen LogP contribution in [0.1, 0.15) is 26.2 Å². The molecular weight excluding hydrogens is 304 g/mol. The summed E-state index contributed by atoms with van der Waals surface area (Å²) >= 11 is 0. The number of alkyl halides is 8. The molecule has 0 aliphatic heterocycles. The highest BCUT2D eigenvalue weighted by atomic mass is 19.4. The van der Waals surface area contributed by atoms with Crippen LogP contribution in [0.2, 0.25) is 0 Å². The van der Waals surface area contributed by atoms with Crippen molar-refractivity contribution in [2.75, 3.05) is 6.61 Å². The van der Waals surface area contributed by atoms with Gasteiger partial charge in [-0.25, -0.2) is 8.78 Å². The van der Waals surface area contributed by atoms with Crippen LogP contribution in [0, 0.1) is 0 Å². The molecule has 0 saturated heterocycles. The number of rotatable bonds is 8. The summed E-state index contributed by atoms with van der Waals surface area (Å²) in [5.74, 6) is -19.5. The first kappa shape index (κ1) is 18.9. The van der Waals surface area contributed by atoms with Gasteiger partial charge >= 0.3 is 30.2 Å². The van der Waals surface area contributed by atoms with E-state index in [1.54, 1.807) is 6.92 Å². The summed E-state index contributed by atoms with van der Waals surface area (Å²) in [5.41, 5.74) is 0. The van der Waals surface area contributed by atoms with Gasteiger partial charge in [-0.3, -0.25) is 4.79 Å². The Hall–Kier alpha value is -1.09. The zero-order valence-corrected chi connectivity index (χ0v) is 10.2. The van der Waals surface area contributed by atoms with Crippen molar-refractivity contribution in [3.05, 3.63) is 0 Å². The van der Waals surface area contributed by atoms with Gasteiger partial charge in [-0.2, -0.15) is 26.3 Å². The maximum Gasteiger partial charge on any atom is 0.381 e. The molecule has 0 atom stereocenters. The van der Waals surface area contributed by atoms with Gasteiger partial charge in [0.25, 0.3) is 0 Å². The van der Waals surface area contributed by atoms with Gasteiger partial charge in [0, 0.05) is 6.42 Å². The normalized spacial score (nSPS) is 13.7. The quantitative estimate of drug-likeness (QED) is 0.502. The molecule has 0 saturated carbocycles. The fourth-order valence-corrected chi connectivity index (χ4v) is 1.04. The van der Waals surface area contributed by atoms with Crippen LogP contribution in [0.3, 0.4) is 0 Å². The van der Waals surface area contributed by atoms with Crippen molar-refractivity contribution >= 4 is 5.97 Å². The van der Waals surface area contributed by atoms with Gasteiger partial charge in [0.2, 0.25) is 0 Å². The number of carbonyl (C=O) groups excluding carboxylic acids is 1. The molecule has 2 nitrogen and oxygen atoms in total. The van der Waals surface area contributed by atoms with Crippen molar-refractivity contribution in [1.82, 2.24) is 0 Å². The van der Waals surface area contributed by atoms with Crippen molar-refractivity contribution in [2.45, 2.75) is 50.4 Å². The average molecular weight is 316 g/mol. The summed E-state index contributed by atoms with van der Waals surface area (Å²) in [6.45, 7) is -0.760. The van der Waals surface area contributed by atoms with Crippen LogP contribution >= 0.6 is 0 Å². The van der Waals surface area contributed by atoms with Crippen LogP contribution in [-0.4, -0.2) is 36.8 Å². The fourth-order valence-electron chi connectivity index (χ4n) is 1.04. The minimum absolute atomic E-state index is 0.216. The maximum atomic E-state index is 12.9. The van der Waals surface area contributed by atoms with E-state index >= 15 is 0 Å². The van der Waals surface area contributed by atoms with E-state index in [-0.39, 0.29) is 12.8 Å². The smallest absolute Gasteiger partial charge is 0.381 e. The summed E-state index contributed by atoms with van der Waals surface area (Å²) in [5, 5.41) is 0. The fraction of sp³-hybridized carbons (Fsp3) is 0.900. The van der Waals surface area contributed by atoms with Crippen LogP contribution in [0.15, 0.2) is 0 Å². The van der Waals surface area contributed by atoms with Gasteiger partial charge in [-0.05, 0) is 6.42 Å². The molecule has 20 heavy (non-hydrogen) atoms. The lowest BCUT2D eigenvalue weighted by Crippen LogP contribution is -2.59. The summed E-state index contributed by atoms with van der Waals surface area (Å²) in [7, 11) is 0. The third-order valence-corrected chi connectivity index (χ3v) is 2.30. The first-order valence-electron chi connectivity index (χ1n) is 5.47. The minimum atomic E-state index is -6.35. The summed E-state index contributed by atoms with van der Waals surface area (Å²) < 4.78 is 103. The molecule has 0 aliphatic carbocycles. The predicted octanol–water partition coefficient (Wildman–Crippen LogP) is 3.89. The molecule has 0 unspecified atom stereocenters. The van der Waals surface area contributed by atoms with E-state index in [1.807, 2.05) is 0 Å². The molecule has 0 heterocycles. The summed E-state index contributed by atoms with van der Waals surface area (Å²) in [6.07, 6.45) is -4.66. The van der Waals surface area contributed by atoms with Crippen molar-refractivity contribution < 1.29 is 44.7 Å². The topological polar surface area (TPSA) is 26.3 Å². The van der Waals surface area contributed by atoms with E-state index in [4.69, 9.17) is 0 Å². The lowest BCUT2D eigenvalue weighted by atomic mass is 10.1. The highest BCUT2D eigenvalue weighted by Gasteiger charge is 2.75. The second-order valence-electron chi connectivity index (χ2n) is 3.97. The van der Waals surface area contributed by atoms with Crippen LogP contribution in [0.25, 0.3) is 0 Å². The van der Waals surface area contributed by atoms with Gasteiger partial charge in [-0.1, -0.05) is 13.3 Å². The van der Waals surface area contributed by atoms with Crippen molar-refractivity contribution in [3.8, 4) is 0 Å². The molecule has 0 aromatic carbocycles. The van der Waals surface area contributed by atoms with Crippen molar-refractivity contribution in [3.63, 3.8) is 0 Å². The molecule has 0 spiro atoms. The van der Waals surface area contributed by atoms with E-state index in [1.165, 1.54) is 0 Å². The van der Waals surface area contributed by atoms with Crippen LogP contribution in [0.4, 0.5) is 35.1 Å². The minimum Gasteiger partial charge on any atom is -0.459 e. The van der Waals surface area contributed by atoms with Gasteiger partial charge in [0.15, 0.2) is 6.61 Å². The SMILES string of the molecule is CCCCC(=O)OCC(F)(F)C(F)(F)C(F)(F)C(F)F. The number of halogens is 8. The van der Waals surface area contributed by atoms with Gasteiger partial charge in [0.05, 0.1) is 0 Å². The highest BCUT2D eigenvalue weighted by Crippen LogP contribution is 2.48. The Kier molecular flexibility index (Phi) is 6.22. The second kappa shape index (κ2) is 6.57. The van der Waals surface area contributed by atoms with E-state index in [0.29, 0.717) is 6.42 Å². The largest absolute Gasteiger partial charge is 0.459 e. The summed E-state index contributed by atoms with van der Waals surface area (Å²) in [6, 6.07) is 0.